The maximum absolute atomic E-state index is 14.3. The van der Waals surface area contributed by atoms with Crippen LogP contribution in [0.3, 0.4) is 0 Å². The first-order valence-electron chi connectivity index (χ1n) is 9.38. The first-order chi connectivity index (χ1) is 13.2. The Labute approximate surface area is 158 Å². The van der Waals surface area contributed by atoms with E-state index >= 15 is 0 Å². The molecule has 0 aromatic heterocycles. The number of carbonyl (C=O) groups excluding carboxylic acids is 1. The van der Waals surface area contributed by atoms with Gasteiger partial charge in [-0.25, -0.2) is 4.39 Å². The predicted molar refractivity (Wildman–Crippen MR) is 101 cm³/mol. The third-order valence-corrected chi connectivity index (χ3v) is 5.52. The highest BCUT2D eigenvalue weighted by molar-refractivity contribution is 5.95. The van der Waals surface area contributed by atoms with Crippen LogP contribution in [0.25, 0.3) is 0 Å². The smallest absolute Gasteiger partial charge is 0.254 e. The second kappa shape index (κ2) is 7.66. The number of nitrogens with one attached hydrogen (secondary N) is 2. The van der Waals surface area contributed by atoms with Crippen LogP contribution in [-0.4, -0.2) is 37.6 Å². The zero-order valence-electron chi connectivity index (χ0n) is 15.4. The average molecular weight is 369 g/mol. The number of nitrogens with zero attached hydrogens (tertiary/aromatic N) is 1. The van der Waals surface area contributed by atoms with Crippen molar-refractivity contribution >= 4 is 5.91 Å². The fourth-order valence-electron chi connectivity index (χ4n) is 4.11. The van der Waals surface area contributed by atoms with Crippen LogP contribution in [0.5, 0.6) is 5.75 Å². The van der Waals surface area contributed by atoms with Gasteiger partial charge in [-0.05, 0) is 36.6 Å². The number of amides is 1. The van der Waals surface area contributed by atoms with Gasteiger partial charge in [0.05, 0.1) is 13.2 Å². The summed E-state index contributed by atoms with van der Waals surface area (Å²) in [5.41, 5.74) is 8.49. The summed E-state index contributed by atoms with van der Waals surface area (Å²) in [4.78, 5) is 14.9. The summed E-state index contributed by atoms with van der Waals surface area (Å²) >= 11 is 0. The molecule has 4 rings (SSSR count). The summed E-state index contributed by atoms with van der Waals surface area (Å²) in [5.74, 6) is 0.699. The maximum Gasteiger partial charge on any atom is 0.254 e. The van der Waals surface area contributed by atoms with E-state index in [4.69, 9.17) is 4.74 Å². The normalized spacial score (nSPS) is 20.2. The highest BCUT2D eigenvalue weighted by atomic mass is 19.1. The van der Waals surface area contributed by atoms with E-state index in [0.717, 1.165) is 37.2 Å². The third kappa shape index (κ3) is 3.42. The number of rotatable bonds is 4. The molecule has 2 fully saturated rings. The summed E-state index contributed by atoms with van der Waals surface area (Å²) in [6, 6.07) is 12.2. The van der Waals surface area contributed by atoms with Crippen LogP contribution in [0.4, 0.5) is 4.39 Å². The first kappa shape index (κ1) is 17.9. The lowest BCUT2D eigenvalue weighted by molar-refractivity contribution is 0.0733. The molecular weight excluding hydrogens is 345 g/mol. The summed E-state index contributed by atoms with van der Waals surface area (Å²) in [6.07, 6.45) is 1.65. The van der Waals surface area contributed by atoms with Gasteiger partial charge in [0.1, 0.15) is 11.6 Å². The fraction of sp³-hybridized carbons (Fsp3) is 0.381. The lowest BCUT2D eigenvalue weighted by atomic mass is 9.97. The molecule has 2 aliphatic heterocycles. The van der Waals surface area contributed by atoms with Crippen molar-refractivity contribution < 1.29 is 13.9 Å². The number of likely N-dealkylation sites (tertiary alicyclic amines) is 1. The molecule has 0 saturated carbocycles. The topological polar surface area (TPSA) is 53.6 Å². The van der Waals surface area contributed by atoms with Gasteiger partial charge in [-0.1, -0.05) is 24.3 Å². The van der Waals surface area contributed by atoms with Crippen LogP contribution in [0.15, 0.2) is 42.5 Å². The first-order valence-corrected chi connectivity index (χ1v) is 9.38. The Balaban J connectivity index is 1.61. The predicted octanol–water partition coefficient (Wildman–Crippen LogP) is 3.00. The summed E-state index contributed by atoms with van der Waals surface area (Å²) in [5, 5.41) is 0. The van der Waals surface area contributed by atoms with E-state index in [2.05, 4.69) is 10.9 Å². The Morgan fingerprint density at radius 2 is 1.93 bits per heavy atom. The van der Waals surface area contributed by atoms with Gasteiger partial charge in [0, 0.05) is 36.7 Å². The molecule has 2 aromatic carbocycles. The minimum atomic E-state index is -0.253. The Kier molecular flexibility index (Phi) is 5.09. The molecule has 1 atom stereocenters. The van der Waals surface area contributed by atoms with E-state index in [1.165, 1.54) is 6.07 Å². The molecule has 2 N–H and O–H groups in total. The molecule has 1 amide bonds. The van der Waals surface area contributed by atoms with Gasteiger partial charge in [0.2, 0.25) is 0 Å². The Bertz CT molecular complexity index is 836. The number of hydrogen-bond donors (Lipinski definition) is 2. The van der Waals surface area contributed by atoms with Crippen LogP contribution in [0, 0.1) is 5.82 Å². The van der Waals surface area contributed by atoms with Crippen molar-refractivity contribution in [2.45, 2.75) is 24.8 Å². The summed E-state index contributed by atoms with van der Waals surface area (Å²) < 4.78 is 19.8. The lowest BCUT2D eigenvalue weighted by Crippen LogP contribution is -2.31. The summed E-state index contributed by atoms with van der Waals surface area (Å²) in [7, 11) is 1.63. The van der Waals surface area contributed by atoms with Crippen molar-refractivity contribution in [1.29, 1.82) is 0 Å². The van der Waals surface area contributed by atoms with Gasteiger partial charge in [0.15, 0.2) is 0 Å². The molecule has 6 heteroatoms. The number of halogens is 1. The van der Waals surface area contributed by atoms with E-state index in [-0.39, 0.29) is 17.8 Å². The van der Waals surface area contributed by atoms with Crippen molar-refractivity contribution in [2.24, 2.45) is 0 Å². The van der Waals surface area contributed by atoms with Gasteiger partial charge >= 0.3 is 0 Å². The lowest BCUT2D eigenvalue weighted by Gasteiger charge is -2.26. The van der Waals surface area contributed by atoms with Crippen molar-refractivity contribution in [3.05, 3.63) is 65.0 Å². The number of hydrazine groups is 1. The third-order valence-electron chi connectivity index (χ3n) is 5.52. The molecule has 142 valence electrons. The molecule has 0 radical (unpaired) electrons. The van der Waals surface area contributed by atoms with Gasteiger partial charge in [-0.3, -0.25) is 15.6 Å². The number of benzene rings is 2. The molecular formula is C21H24FN3O2. The van der Waals surface area contributed by atoms with E-state index in [1.54, 1.807) is 24.1 Å². The minimum Gasteiger partial charge on any atom is -0.496 e. The van der Waals surface area contributed by atoms with Crippen LogP contribution in [-0.2, 0) is 0 Å². The monoisotopic (exact) mass is 369 g/mol. The fourth-order valence-corrected chi connectivity index (χ4v) is 4.11. The van der Waals surface area contributed by atoms with Gasteiger partial charge in [-0.2, -0.15) is 0 Å². The molecule has 2 aromatic rings. The summed E-state index contributed by atoms with van der Waals surface area (Å²) in [6.45, 7) is 2.29. The molecule has 0 bridgehead atoms. The number of ether oxygens (including phenoxy) is 1. The minimum absolute atomic E-state index is 0.0757. The van der Waals surface area contributed by atoms with Crippen molar-refractivity contribution in [3.63, 3.8) is 0 Å². The highest BCUT2D eigenvalue weighted by Crippen LogP contribution is 2.35. The number of hydrogen-bond acceptors (Lipinski definition) is 4. The van der Waals surface area contributed by atoms with E-state index in [1.807, 2.05) is 24.3 Å². The highest BCUT2D eigenvalue weighted by Gasteiger charge is 2.32. The van der Waals surface area contributed by atoms with Crippen LogP contribution >= 0.6 is 0 Å². The molecule has 2 heterocycles. The van der Waals surface area contributed by atoms with Gasteiger partial charge in [0.25, 0.3) is 5.91 Å². The number of carbonyl (C=O) groups is 1. The molecule has 1 unspecified atom stereocenters. The van der Waals surface area contributed by atoms with Gasteiger partial charge < -0.3 is 9.64 Å². The largest absolute Gasteiger partial charge is 0.496 e. The zero-order chi connectivity index (χ0) is 18.8. The molecule has 5 nitrogen and oxygen atoms in total. The van der Waals surface area contributed by atoms with Crippen LogP contribution < -0.4 is 15.6 Å². The average Bonchev–Trinajstić information content (AvgIpc) is 3.39. The van der Waals surface area contributed by atoms with Crippen LogP contribution in [0.1, 0.15) is 46.3 Å². The molecule has 2 saturated heterocycles. The SMILES string of the molecule is COc1cc(C(=O)N2CCCC2c2ccccc2F)ccc1C1CNNC1. The van der Waals surface area contributed by atoms with Crippen molar-refractivity contribution in [1.82, 2.24) is 15.8 Å². The second-order valence-electron chi connectivity index (χ2n) is 7.09. The maximum atomic E-state index is 14.3. The quantitative estimate of drug-likeness (QED) is 0.870. The number of methoxy groups -OCH3 is 1. The second-order valence-corrected chi connectivity index (χ2v) is 7.09. The zero-order valence-corrected chi connectivity index (χ0v) is 15.4. The molecule has 27 heavy (non-hydrogen) atoms. The Morgan fingerprint density at radius 3 is 2.67 bits per heavy atom. The Hall–Kier alpha value is -2.44. The van der Waals surface area contributed by atoms with Crippen LogP contribution in [0.2, 0.25) is 0 Å². The van der Waals surface area contributed by atoms with Gasteiger partial charge in [-0.15, -0.1) is 0 Å². The van der Waals surface area contributed by atoms with E-state index < -0.39 is 0 Å². The van der Waals surface area contributed by atoms with E-state index in [0.29, 0.717) is 23.6 Å². The van der Waals surface area contributed by atoms with Crippen molar-refractivity contribution in [3.8, 4) is 5.75 Å². The van der Waals surface area contributed by atoms with E-state index in [9.17, 15) is 9.18 Å². The molecule has 2 aliphatic rings. The van der Waals surface area contributed by atoms with Crippen molar-refractivity contribution in [2.75, 3.05) is 26.7 Å². The molecule has 0 aliphatic carbocycles. The standard InChI is InChI=1S/C21H24FN3O2/c1-27-20-11-14(8-9-16(20)15-12-23-24-13-15)21(26)25-10-4-7-19(25)17-5-2-3-6-18(17)22/h2-3,5-6,8-9,11,15,19,23-24H,4,7,10,12-13H2,1H3. The Morgan fingerprint density at radius 1 is 1.15 bits per heavy atom. The molecule has 0 spiro atoms.